The minimum absolute atomic E-state index is 0.459. The van der Waals surface area contributed by atoms with Gasteiger partial charge in [0.15, 0.2) is 0 Å². The Morgan fingerprint density at radius 3 is 2.61 bits per heavy atom. The van der Waals surface area contributed by atoms with Crippen molar-refractivity contribution in [3.8, 4) is 5.75 Å². The van der Waals surface area contributed by atoms with E-state index in [-0.39, 0.29) is 0 Å². The van der Waals surface area contributed by atoms with E-state index in [1.54, 1.807) is 7.11 Å². The average molecular weight is 243 g/mol. The molecule has 0 aromatic heterocycles. The van der Waals surface area contributed by atoms with Gasteiger partial charge < -0.3 is 9.53 Å². The molecule has 0 fully saturated rings. The molecular weight excluding hydrogens is 226 g/mol. The maximum Gasteiger partial charge on any atom is 0.133 e. The summed E-state index contributed by atoms with van der Waals surface area (Å²) in [6.45, 7) is 1.24. The van der Waals surface area contributed by atoms with E-state index in [2.05, 4.69) is 24.3 Å². The number of nitrogens with zero attached hydrogens (tertiary/aromatic N) is 1. The molecule has 0 aliphatic heterocycles. The number of aldehydes is 1. The van der Waals surface area contributed by atoms with Crippen molar-refractivity contribution in [3.63, 3.8) is 0 Å². The van der Waals surface area contributed by atoms with E-state index in [0.717, 1.165) is 24.0 Å². The number of carbonyl (C=O) groups excluding carboxylic acids is 1. The molecule has 3 heteroatoms. The smallest absolute Gasteiger partial charge is 0.133 e. The van der Waals surface area contributed by atoms with Crippen LogP contribution in [0.1, 0.15) is 5.56 Å². The minimum Gasteiger partial charge on any atom is -0.497 e. The molecule has 3 nitrogen and oxygen atoms in total. The summed E-state index contributed by atoms with van der Waals surface area (Å²) in [4.78, 5) is 12.4. The van der Waals surface area contributed by atoms with Crippen LogP contribution in [0.4, 0.5) is 0 Å². The first-order chi connectivity index (χ1) is 8.72. The van der Waals surface area contributed by atoms with E-state index < -0.39 is 0 Å². The van der Waals surface area contributed by atoms with E-state index in [9.17, 15) is 4.79 Å². The van der Waals surface area contributed by atoms with E-state index in [0.29, 0.717) is 6.54 Å². The van der Waals surface area contributed by atoms with E-state index >= 15 is 0 Å². The van der Waals surface area contributed by atoms with Gasteiger partial charge in [-0.2, -0.15) is 0 Å². The third-order valence-corrected chi connectivity index (χ3v) is 2.95. The zero-order valence-corrected chi connectivity index (χ0v) is 10.7. The number of fused-ring (bicyclic) bond motifs is 1. The molecule has 18 heavy (non-hydrogen) atoms. The number of carbonyl (C=O) groups is 1. The van der Waals surface area contributed by atoms with E-state index in [1.807, 2.05) is 24.1 Å². The predicted molar refractivity (Wildman–Crippen MR) is 72.9 cm³/mol. The molecule has 0 unspecified atom stereocenters. The van der Waals surface area contributed by atoms with Crippen LogP contribution in [-0.4, -0.2) is 31.9 Å². The third kappa shape index (κ3) is 2.87. The van der Waals surface area contributed by atoms with Crippen molar-refractivity contribution >= 4 is 17.1 Å². The summed E-state index contributed by atoms with van der Waals surface area (Å²) in [5.41, 5.74) is 1.21. The van der Waals surface area contributed by atoms with Crippen LogP contribution < -0.4 is 4.74 Å². The third-order valence-electron chi connectivity index (χ3n) is 2.95. The number of hydrogen-bond donors (Lipinski definition) is 0. The minimum atomic E-state index is 0.459. The monoisotopic (exact) mass is 243 g/mol. The topological polar surface area (TPSA) is 29.5 Å². The van der Waals surface area contributed by atoms with Gasteiger partial charge in [-0.25, -0.2) is 0 Å². The summed E-state index contributed by atoms with van der Waals surface area (Å²) >= 11 is 0. The molecule has 0 saturated carbocycles. The molecule has 0 spiro atoms. The van der Waals surface area contributed by atoms with Crippen molar-refractivity contribution in [2.24, 2.45) is 0 Å². The largest absolute Gasteiger partial charge is 0.497 e. The Hall–Kier alpha value is -1.87. The van der Waals surface area contributed by atoms with Crippen molar-refractivity contribution < 1.29 is 9.53 Å². The summed E-state index contributed by atoms with van der Waals surface area (Å²) in [6, 6.07) is 12.4. The van der Waals surface area contributed by atoms with E-state index in [1.165, 1.54) is 10.9 Å². The summed E-state index contributed by atoms with van der Waals surface area (Å²) in [7, 11) is 3.61. The van der Waals surface area contributed by atoms with Gasteiger partial charge in [0, 0.05) is 6.54 Å². The second-order valence-electron chi connectivity index (χ2n) is 4.41. The highest BCUT2D eigenvalue weighted by atomic mass is 16.5. The first-order valence-corrected chi connectivity index (χ1v) is 5.92. The summed E-state index contributed by atoms with van der Waals surface area (Å²) in [6.07, 6.45) is 0.923. The van der Waals surface area contributed by atoms with Crippen LogP contribution in [0.5, 0.6) is 5.75 Å². The van der Waals surface area contributed by atoms with Gasteiger partial charge in [-0.15, -0.1) is 0 Å². The number of ether oxygens (including phenoxy) is 1. The van der Waals surface area contributed by atoms with Crippen LogP contribution in [0.3, 0.4) is 0 Å². The normalized spacial score (nSPS) is 10.8. The van der Waals surface area contributed by atoms with Crippen LogP contribution >= 0.6 is 0 Å². The Bertz CT molecular complexity index is 551. The molecule has 0 aliphatic rings. The lowest BCUT2D eigenvalue weighted by Gasteiger charge is -2.13. The number of methoxy groups -OCH3 is 1. The quantitative estimate of drug-likeness (QED) is 0.756. The number of rotatable bonds is 5. The maximum absolute atomic E-state index is 10.4. The molecule has 0 atom stereocenters. The van der Waals surface area contributed by atoms with Crippen molar-refractivity contribution in [3.05, 3.63) is 42.0 Å². The second kappa shape index (κ2) is 5.65. The zero-order valence-electron chi connectivity index (χ0n) is 10.7. The van der Waals surface area contributed by atoms with Crippen molar-refractivity contribution in [1.29, 1.82) is 0 Å². The number of likely N-dealkylation sites (N-methyl/N-ethyl adjacent to an activating group) is 1. The lowest BCUT2D eigenvalue weighted by atomic mass is 10.1. The molecule has 0 radical (unpaired) electrons. The van der Waals surface area contributed by atoms with Gasteiger partial charge in [0.05, 0.1) is 13.7 Å². The molecule has 2 aromatic rings. The fourth-order valence-electron chi connectivity index (χ4n) is 2.00. The Morgan fingerprint density at radius 2 is 1.89 bits per heavy atom. The Balaban J connectivity index is 2.24. The molecule has 0 heterocycles. The Kier molecular flexibility index (Phi) is 3.95. The lowest BCUT2D eigenvalue weighted by Crippen LogP contribution is -2.19. The predicted octanol–water partition coefficient (Wildman–Crippen LogP) is 2.48. The second-order valence-corrected chi connectivity index (χ2v) is 4.41. The summed E-state index contributed by atoms with van der Waals surface area (Å²) in [5, 5.41) is 2.35. The Morgan fingerprint density at radius 1 is 1.17 bits per heavy atom. The number of hydrogen-bond acceptors (Lipinski definition) is 3. The van der Waals surface area contributed by atoms with E-state index in [4.69, 9.17) is 4.74 Å². The molecule has 0 bridgehead atoms. The molecule has 0 saturated heterocycles. The van der Waals surface area contributed by atoms with Crippen LogP contribution in [0.15, 0.2) is 36.4 Å². The SMILES string of the molecule is COc1ccc2cc(CN(C)CC=O)ccc2c1. The van der Waals surface area contributed by atoms with Gasteiger partial charge in [-0.05, 0) is 41.6 Å². The fourth-order valence-corrected chi connectivity index (χ4v) is 2.00. The van der Waals surface area contributed by atoms with Gasteiger partial charge in [0.25, 0.3) is 0 Å². The van der Waals surface area contributed by atoms with Crippen molar-refractivity contribution in [2.45, 2.75) is 6.54 Å². The highest BCUT2D eigenvalue weighted by Gasteiger charge is 2.02. The average Bonchev–Trinajstić information content (AvgIpc) is 2.38. The molecule has 2 rings (SSSR count). The fraction of sp³-hybridized carbons (Fsp3) is 0.267. The molecule has 2 aromatic carbocycles. The van der Waals surface area contributed by atoms with Crippen molar-refractivity contribution in [2.75, 3.05) is 20.7 Å². The van der Waals surface area contributed by atoms with Gasteiger partial charge in [0.1, 0.15) is 12.0 Å². The molecule has 0 N–H and O–H groups in total. The summed E-state index contributed by atoms with van der Waals surface area (Å²) in [5.74, 6) is 0.869. The van der Waals surface area contributed by atoms with Crippen LogP contribution in [-0.2, 0) is 11.3 Å². The van der Waals surface area contributed by atoms with Crippen molar-refractivity contribution in [1.82, 2.24) is 4.90 Å². The maximum atomic E-state index is 10.4. The summed E-state index contributed by atoms with van der Waals surface area (Å²) < 4.78 is 5.20. The molecule has 94 valence electrons. The van der Waals surface area contributed by atoms with Crippen LogP contribution in [0.2, 0.25) is 0 Å². The van der Waals surface area contributed by atoms with Gasteiger partial charge >= 0.3 is 0 Å². The van der Waals surface area contributed by atoms with Gasteiger partial charge in [0.2, 0.25) is 0 Å². The zero-order chi connectivity index (χ0) is 13.0. The standard InChI is InChI=1S/C15H17NO2/c1-16(7-8-17)11-12-3-4-14-10-15(18-2)6-5-13(14)9-12/h3-6,8-10H,7,11H2,1-2H3. The Labute approximate surface area is 107 Å². The highest BCUT2D eigenvalue weighted by Crippen LogP contribution is 2.22. The molecular formula is C15H17NO2. The molecule has 0 amide bonds. The van der Waals surface area contributed by atoms with Crippen LogP contribution in [0.25, 0.3) is 10.8 Å². The first-order valence-electron chi connectivity index (χ1n) is 5.92. The molecule has 0 aliphatic carbocycles. The highest BCUT2D eigenvalue weighted by molar-refractivity contribution is 5.84. The van der Waals surface area contributed by atoms with Gasteiger partial charge in [-0.1, -0.05) is 18.2 Å². The lowest BCUT2D eigenvalue weighted by molar-refractivity contribution is -0.108. The number of benzene rings is 2. The van der Waals surface area contributed by atoms with Gasteiger partial charge in [-0.3, -0.25) is 4.90 Å². The first kappa shape index (κ1) is 12.6. The van der Waals surface area contributed by atoms with Crippen LogP contribution in [0, 0.1) is 0 Å².